The summed E-state index contributed by atoms with van der Waals surface area (Å²) >= 11 is 0. The second-order valence-corrected chi connectivity index (χ2v) is 9.46. The van der Waals surface area contributed by atoms with Gasteiger partial charge in [-0.25, -0.2) is 4.79 Å². The van der Waals surface area contributed by atoms with Crippen molar-refractivity contribution in [2.45, 2.75) is 69.6 Å². The highest BCUT2D eigenvalue weighted by atomic mass is 16.5. The van der Waals surface area contributed by atoms with Gasteiger partial charge in [0.25, 0.3) is 0 Å². The van der Waals surface area contributed by atoms with Crippen LogP contribution in [0.15, 0.2) is 30.3 Å². The predicted molar refractivity (Wildman–Crippen MR) is 111 cm³/mol. The molecular weight excluding hydrogens is 366 g/mol. The zero-order valence-corrected chi connectivity index (χ0v) is 17.7. The van der Waals surface area contributed by atoms with Crippen molar-refractivity contribution in [1.29, 1.82) is 0 Å². The topological polar surface area (TPSA) is 61.9 Å². The van der Waals surface area contributed by atoms with Crippen molar-refractivity contribution in [2.75, 3.05) is 26.2 Å². The summed E-state index contributed by atoms with van der Waals surface area (Å²) in [6, 6.07) is 9.69. The number of carbonyl (C=O) groups is 2. The maximum atomic E-state index is 13.3. The zero-order valence-electron chi connectivity index (χ0n) is 17.7. The van der Waals surface area contributed by atoms with E-state index >= 15 is 0 Å². The first-order valence-electron chi connectivity index (χ1n) is 10.9. The van der Waals surface area contributed by atoms with Gasteiger partial charge >= 0.3 is 6.03 Å². The molecule has 3 fully saturated rings. The van der Waals surface area contributed by atoms with Gasteiger partial charge in [-0.1, -0.05) is 43.2 Å². The number of likely N-dealkylation sites (tertiary alicyclic amines) is 1. The van der Waals surface area contributed by atoms with E-state index in [2.05, 4.69) is 19.2 Å². The van der Waals surface area contributed by atoms with Crippen LogP contribution in [0.4, 0.5) is 4.79 Å². The summed E-state index contributed by atoms with van der Waals surface area (Å²) < 4.78 is 6.44. The van der Waals surface area contributed by atoms with E-state index in [0.29, 0.717) is 26.1 Å². The summed E-state index contributed by atoms with van der Waals surface area (Å²) in [7, 11) is 0. The molecule has 29 heavy (non-hydrogen) atoms. The molecule has 1 aromatic rings. The summed E-state index contributed by atoms with van der Waals surface area (Å²) in [6.07, 6.45) is 5.86. The number of hydrogen-bond acceptors (Lipinski definition) is 3. The Morgan fingerprint density at radius 2 is 1.86 bits per heavy atom. The standard InChI is InChI=1S/C23H33N3O3/c1-22(2)16-26(17-23(29-22)12-6-7-13-23)21(28)24-19(18-9-4-3-5-10-18)15-25-14-8-11-20(25)27/h3-5,9-10,19H,6-8,11-17H2,1-2H3,(H,24,28). The van der Waals surface area contributed by atoms with E-state index in [4.69, 9.17) is 4.74 Å². The molecule has 0 bridgehead atoms. The van der Waals surface area contributed by atoms with Crippen molar-refractivity contribution in [2.24, 2.45) is 0 Å². The number of morpholine rings is 1. The molecule has 1 unspecified atom stereocenters. The van der Waals surface area contributed by atoms with Gasteiger partial charge in [-0.3, -0.25) is 4.79 Å². The number of benzene rings is 1. The van der Waals surface area contributed by atoms with E-state index < -0.39 is 0 Å². The van der Waals surface area contributed by atoms with Gasteiger partial charge in [-0.05, 0) is 38.7 Å². The Bertz CT molecular complexity index is 743. The van der Waals surface area contributed by atoms with Crippen LogP contribution in [-0.2, 0) is 9.53 Å². The molecule has 1 saturated carbocycles. The van der Waals surface area contributed by atoms with Crippen molar-refractivity contribution in [3.05, 3.63) is 35.9 Å². The number of rotatable bonds is 4. The van der Waals surface area contributed by atoms with Crippen LogP contribution in [0.3, 0.4) is 0 Å². The first kappa shape index (κ1) is 20.2. The third-order valence-corrected chi connectivity index (χ3v) is 6.42. The van der Waals surface area contributed by atoms with E-state index in [1.165, 1.54) is 0 Å². The first-order chi connectivity index (χ1) is 13.9. The predicted octanol–water partition coefficient (Wildman–Crippen LogP) is 3.48. The van der Waals surface area contributed by atoms with Crippen LogP contribution in [-0.4, -0.2) is 59.1 Å². The highest BCUT2D eigenvalue weighted by molar-refractivity contribution is 5.78. The highest BCUT2D eigenvalue weighted by Crippen LogP contribution is 2.40. The molecule has 4 rings (SSSR count). The molecule has 2 heterocycles. The van der Waals surface area contributed by atoms with E-state index in [0.717, 1.165) is 44.2 Å². The van der Waals surface area contributed by atoms with Crippen LogP contribution in [0.1, 0.15) is 64.0 Å². The molecule has 158 valence electrons. The van der Waals surface area contributed by atoms with Gasteiger partial charge < -0.3 is 19.9 Å². The van der Waals surface area contributed by atoms with Crippen molar-refractivity contribution in [3.63, 3.8) is 0 Å². The Kier molecular flexibility index (Phi) is 5.56. The fraction of sp³-hybridized carbons (Fsp3) is 0.652. The minimum Gasteiger partial charge on any atom is -0.365 e. The number of nitrogens with one attached hydrogen (secondary N) is 1. The molecule has 2 saturated heterocycles. The molecule has 3 aliphatic rings. The number of hydrogen-bond donors (Lipinski definition) is 1. The molecule has 3 amide bonds. The number of nitrogens with zero attached hydrogens (tertiary/aromatic N) is 2. The van der Waals surface area contributed by atoms with Crippen LogP contribution in [0.25, 0.3) is 0 Å². The van der Waals surface area contributed by atoms with Crippen LogP contribution in [0, 0.1) is 0 Å². The van der Waals surface area contributed by atoms with Gasteiger partial charge in [0.15, 0.2) is 0 Å². The second kappa shape index (κ2) is 7.98. The Labute approximate surface area is 173 Å². The lowest BCUT2D eigenvalue weighted by atomic mass is 9.94. The minimum atomic E-state index is -0.354. The lowest BCUT2D eigenvalue weighted by molar-refractivity contribution is -0.184. The van der Waals surface area contributed by atoms with E-state index in [1.807, 2.05) is 40.1 Å². The summed E-state index contributed by atoms with van der Waals surface area (Å²) in [5, 5.41) is 3.23. The number of carbonyl (C=O) groups excluding carboxylic acids is 2. The van der Waals surface area contributed by atoms with Gasteiger partial charge in [-0.2, -0.15) is 0 Å². The van der Waals surface area contributed by atoms with Gasteiger partial charge in [0.1, 0.15) is 0 Å². The Balaban J connectivity index is 1.50. The Morgan fingerprint density at radius 3 is 2.52 bits per heavy atom. The molecule has 2 aliphatic heterocycles. The van der Waals surface area contributed by atoms with Crippen LogP contribution in [0.5, 0.6) is 0 Å². The lowest BCUT2D eigenvalue weighted by Crippen LogP contribution is -2.62. The monoisotopic (exact) mass is 399 g/mol. The van der Waals surface area contributed by atoms with Gasteiger partial charge in [0.05, 0.1) is 30.3 Å². The maximum Gasteiger partial charge on any atom is 0.318 e. The largest absolute Gasteiger partial charge is 0.365 e. The third-order valence-electron chi connectivity index (χ3n) is 6.42. The lowest BCUT2D eigenvalue weighted by Gasteiger charge is -2.49. The van der Waals surface area contributed by atoms with Crippen molar-refractivity contribution in [3.8, 4) is 0 Å². The molecule has 1 spiro atoms. The Hall–Kier alpha value is -2.08. The fourth-order valence-electron chi connectivity index (χ4n) is 5.21. The second-order valence-electron chi connectivity index (χ2n) is 9.46. The number of urea groups is 1. The molecule has 0 aromatic heterocycles. The minimum absolute atomic E-state index is 0.0619. The van der Waals surface area contributed by atoms with Crippen LogP contribution in [0.2, 0.25) is 0 Å². The Morgan fingerprint density at radius 1 is 1.14 bits per heavy atom. The fourth-order valence-corrected chi connectivity index (χ4v) is 5.21. The summed E-state index contributed by atoms with van der Waals surface area (Å²) in [4.78, 5) is 29.3. The summed E-state index contributed by atoms with van der Waals surface area (Å²) in [5.41, 5.74) is 0.475. The molecule has 1 N–H and O–H groups in total. The summed E-state index contributed by atoms with van der Waals surface area (Å²) in [5.74, 6) is 0.178. The third kappa shape index (κ3) is 4.58. The van der Waals surface area contributed by atoms with E-state index in [1.54, 1.807) is 0 Å². The van der Waals surface area contributed by atoms with Crippen LogP contribution >= 0.6 is 0 Å². The zero-order chi connectivity index (χ0) is 20.5. The summed E-state index contributed by atoms with van der Waals surface area (Å²) in [6.45, 7) is 6.66. The molecule has 1 aliphatic carbocycles. The average molecular weight is 400 g/mol. The van der Waals surface area contributed by atoms with Crippen molar-refractivity contribution < 1.29 is 14.3 Å². The highest BCUT2D eigenvalue weighted by Gasteiger charge is 2.47. The van der Waals surface area contributed by atoms with Gasteiger partial charge in [-0.15, -0.1) is 0 Å². The molecule has 6 heteroatoms. The quantitative estimate of drug-likeness (QED) is 0.843. The molecule has 1 aromatic carbocycles. The molecule has 0 radical (unpaired) electrons. The molecule has 6 nitrogen and oxygen atoms in total. The molecule has 1 atom stereocenters. The number of ether oxygens (including phenoxy) is 1. The van der Waals surface area contributed by atoms with Crippen molar-refractivity contribution >= 4 is 11.9 Å². The SMILES string of the molecule is CC1(C)CN(C(=O)NC(CN2CCCC2=O)c2ccccc2)CC2(CCCC2)O1. The average Bonchev–Trinajstić information content (AvgIpc) is 3.29. The molecular formula is C23H33N3O3. The first-order valence-corrected chi connectivity index (χ1v) is 10.9. The number of amides is 3. The smallest absolute Gasteiger partial charge is 0.318 e. The van der Waals surface area contributed by atoms with E-state index in [-0.39, 0.29) is 29.2 Å². The van der Waals surface area contributed by atoms with Gasteiger partial charge in [0.2, 0.25) is 5.91 Å². The maximum absolute atomic E-state index is 13.3. The van der Waals surface area contributed by atoms with Crippen molar-refractivity contribution in [1.82, 2.24) is 15.1 Å². The van der Waals surface area contributed by atoms with Gasteiger partial charge in [0, 0.05) is 19.5 Å². The van der Waals surface area contributed by atoms with E-state index in [9.17, 15) is 9.59 Å². The normalized spacial score (nSPS) is 24.1. The van der Waals surface area contributed by atoms with Crippen LogP contribution < -0.4 is 5.32 Å².